The minimum atomic E-state index is -0.508. The van der Waals surface area contributed by atoms with Crippen molar-refractivity contribution >= 4 is 11.8 Å². The van der Waals surface area contributed by atoms with Gasteiger partial charge in [-0.05, 0) is 43.3 Å². The Kier molecular flexibility index (Phi) is 4.61. The molecular weight excluding hydrogens is 272 g/mol. The monoisotopic (exact) mass is 288 g/mol. The SMILES string of the molecule is CC(NC(=O)COc1ccc(C(N)=O)cc1)c1ccco1. The number of hydrogen-bond acceptors (Lipinski definition) is 4. The number of benzene rings is 1. The zero-order valence-corrected chi connectivity index (χ0v) is 11.5. The Labute approximate surface area is 121 Å². The largest absolute Gasteiger partial charge is 0.484 e. The van der Waals surface area contributed by atoms with E-state index in [9.17, 15) is 9.59 Å². The van der Waals surface area contributed by atoms with E-state index in [0.717, 1.165) is 0 Å². The van der Waals surface area contributed by atoms with Crippen LogP contribution in [0.2, 0.25) is 0 Å². The summed E-state index contributed by atoms with van der Waals surface area (Å²) >= 11 is 0. The Balaban J connectivity index is 1.82. The quantitative estimate of drug-likeness (QED) is 0.844. The van der Waals surface area contributed by atoms with Crippen molar-refractivity contribution in [2.45, 2.75) is 13.0 Å². The van der Waals surface area contributed by atoms with Crippen molar-refractivity contribution in [3.05, 3.63) is 54.0 Å². The molecule has 1 atom stereocenters. The van der Waals surface area contributed by atoms with Crippen molar-refractivity contribution in [2.24, 2.45) is 5.73 Å². The molecule has 2 amide bonds. The average molecular weight is 288 g/mol. The van der Waals surface area contributed by atoms with E-state index in [1.165, 1.54) is 0 Å². The molecule has 1 aromatic carbocycles. The summed E-state index contributed by atoms with van der Waals surface area (Å²) < 4.78 is 10.5. The summed E-state index contributed by atoms with van der Waals surface area (Å²) in [7, 11) is 0. The molecule has 0 radical (unpaired) electrons. The van der Waals surface area contributed by atoms with E-state index in [4.69, 9.17) is 14.9 Å². The second-order valence-corrected chi connectivity index (χ2v) is 4.48. The maximum Gasteiger partial charge on any atom is 0.258 e. The van der Waals surface area contributed by atoms with Crippen LogP contribution < -0.4 is 15.8 Å². The second-order valence-electron chi connectivity index (χ2n) is 4.48. The van der Waals surface area contributed by atoms with Crippen LogP contribution in [0.4, 0.5) is 0 Å². The van der Waals surface area contributed by atoms with Crippen LogP contribution in [0.25, 0.3) is 0 Å². The zero-order chi connectivity index (χ0) is 15.2. The van der Waals surface area contributed by atoms with Gasteiger partial charge in [-0.15, -0.1) is 0 Å². The fraction of sp³-hybridized carbons (Fsp3) is 0.200. The molecule has 21 heavy (non-hydrogen) atoms. The van der Waals surface area contributed by atoms with Gasteiger partial charge >= 0.3 is 0 Å². The van der Waals surface area contributed by atoms with Crippen LogP contribution in [0.5, 0.6) is 5.75 Å². The van der Waals surface area contributed by atoms with Gasteiger partial charge in [-0.1, -0.05) is 0 Å². The lowest BCUT2D eigenvalue weighted by Gasteiger charge is -2.12. The summed E-state index contributed by atoms with van der Waals surface area (Å²) in [5, 5.41) is 2.75. The van der Waals surface area contributed by atoms with Crippen LogP contribution in [-0.4, -0.2) is 18.4 Å². The Morgan fingerprint density at radius 3 is 2.57 bits per heavy atom. The Morgan fingerprint density at radius 2 is 2.00 bits per heavy atom. The van der Waals surface area contributed by atoms with Gasteiger partial charge in [-0.3, -0.25) is 9.59 Å². The smallest absolute Gasteiger partial charge is 0.258 e. The van der Waals surface area contributed by atoms with E-state index >= 15 is 0 Å². The van der Waals surface area contributed by atoms with Crippen LogP contribution in [-0.2, 0) is 4.79 Å². The molecule has 0 aliphatic rings. The summed E-state index contributed by atoms with van der Waals surface area (Å²) in [5.41, 5.74) is 5.52. The van der Waals surface area contributed by atoms with Crippen molar-refractivity contribution in [3.63, 3.8) is 0 Å². The highest BCUT2D eigenvalue weighted by molar-refractivity contribution is 5.92. The Morgan fingerprint density at radius 1 is 1.29 bits per heavy atom. The van der Waals surface area contributed by atoms with Gasteiger partial charge in [-0.2, -0.15) is 0 Å². The first-order chi connectivity index (χ1) is 10.1. The lowest BCUT2D eigenvalue weighted by molar-refractivity contribution is -0.123. The zero-order valence-electron chi connectivity index (χ0n) is 11.5. The van der Waals surface area contributed by atoms with Gasteiger partial charge < -0.3 is 20.2 Å². The molecule has 0 fully saturated rings. The van der Waals surface area contributed by atoms with E-state index in [-0.39, 0.29) is 18.6 Å². The number of furan rings is 1. The highest BCUT2D eigenvalue weighted by Gasteiger charge is 2.12. The molecule has 0 aliphatic heterocycles. The van der Waals surface area contributed by atoms with Crippen molar-refractivity contribution < 1.29 is 18.7 Å². The molecule has 1 unspecified atom stereocenters. The molecule has 0 saturated heterocycles. The predicted octanol–water partition coefficient (Wildman–Crippen LogP) is 1.63. The standard InChI is InChI=1S/C15H16N2O4/c1-10(13-3-2-8-20-13)17-14(18)9-21-12-6-4-11(5-7-12)15(16)19/h2-8,10H,9H2,1H3,(H2,16,19)(H,17,18). The van der Waals surface area contributed by atoms with Gasteiger partial charge in [0.15, 0.2) is 6.61 Å². The number of nitrogens with two attached hydrogens (primary N) is 1. The molecule has 6 heteroatoms. The molecule has 0 bridgehead atoms. The number of carbonyl (C=O) groups excluding carboxylic acids is 2. The summed E-state index contributed by atoms with van der Waals surface area (Å²) in [6.45, 7) is 1.69. The van der Waals surface area contributed by atoms with Crippen LogP contribution in [0.1, 0.15) is 29.1 Å². The fourth-order valence-corrected chi connectivity index (χ4v) is 1.76. The second kappa shape index (κ2) is 6.60. The molecule has 1 heterocycles. The molecule has 0 aliphatic carbocycles. The third-order valence-electron chi connectivity index (χ3n) is 2.86. The number of primary amides is 1. The van der Waals surface area contributed by atoms with E-state index in [1.807, 2.05) is 6.92 Å². The van der Waals surface area contributed by atoms with Crippen molar-refractivity contribution in [1.29, 1.82) is 0 Å². The topological polar surface area (TPSA) is 94.6 Å². The van der Waals surface area contributed by atoms with E-state index in [0.29, 0.717) is 17.1 Å². The summed E-state index contributed by atoms with van der Waals surface area (Å²) in [4.78, 5) is 22.7. The maximum atomic E-state index is 11.7. The van der Waals surface area contributed by atoms with Crippen molar-refractivity contribution in [2.75, 3.05) is 6.61 Å². The lowest BCUT2D eigenvalue weighted by atomic mass is 10.2. The first kappa shape index (κ1) is 14.6. The number of nitrogens with one attached hydrogen (secondary N) is 1. The molecule has 0 saturated carbocycles. The number of amides is 2. The highest BCUT2D eigenvalue weighted by atomic mass is 16.5. The first-order valence-electron chi connectivity index (χ1n) is 6.41. The number of hydrogen-bond donors (Lipinski definition) is 2. The Hall–Kier alpha value is -2.76. The molecule has 2 aromatic rings. The maximum absolute atomic E-state index is 11.7. The van der Waals surface area contributed by atoms with Gasteiger partial charge in [0.25, 0.3) is 5.91 Å². The minimum Gasteiger partial charge on any atom is -0.484 e. The lowest BCUT2D eigenvalue weighted by Crippen LogP contribution is -2.31. The number of rotatable bonds is 6. The molecule has 1 aromatic heterocycles. The van der Waals surface area contributed by atoms with Crippen LogP contribution in [0.3, 0.4) is 0 Å². The van der Waals surface area contributed by atoms with Crippen molar-refractivity contribution in [3.8, 4) is 5.75 Å². The third-order valence-corrected chi connectivity index (χ3v) is 2.86. The number of ether oxygens (including phenoxy) is 1. The first-order valence-corrected chi connectivity index (χ1v) is 6.41. The van der Waals surface area contributed by atoms with Crippen molar-refractivity contribution in [1.82, 2.24) is 5.32 Å². The molecule has 6 nitrogen and oxygen atoms in total. The minimum absolute atomic E-state index is 0.124. The molecule has 2 rings (SSSR count). The van der Waals surface area contributed by atoms with Crippen LogP contribution in [0.15, 0.2) is 47.1 Å². The Bertz CT molecular complexity index is 605. The normalized spacial score (nSPS) is 11.7. The summed E-state index contributed by atoms with van der Waals surface area (Å²) in [6, 6.07) is 9.58. The fourth-order valence-electron chi connectivity index (χ4n) is 1.76. The van der Waals surface area contributed by atoms with Crippen LogP contribution >= 0.6 is 0 Å². The third kappa shape index (κ3) is 4.10. The summed E-state index contributed by atoms with van der Waals surface area (Å²) in [5.74, 6) is 0.388. The predicted molar refractivity (Wildman–Crippen MR) is 75.7 cm³/mol. The summed E-state index contributed by atoms with van der Waals surface area (Å²) in [6.07, 6.45) is 1.55. The van der Waals surface area contributed by atoms with E-state index < -0.39 is 5.91 Å². The molecule has 0 spiro atoms. The molecular formula is C15H16N2O4. The van der Waals surface area contributed by atoms with Gasteiger partial charge in [0.1, 0.15) is 11.5 Å². The number of carbonyl (C=O) groups is 2. The highest BCUT2D eigenvalue weighted by Crippen LogP contribution is 2.13. The van der Waals surface area contributed by atoms with Crippen LogP contribution in [0, 0.1) is 0 Å². The van der Waals surface area contributed by atoms with Gasteiger partial charge in [0, 0.05) is 5.56 Å². The van der Waals surface area contributed by atoms with Gasteiger partial charge in [-0.25, -0.2) is 0 Å². The molecule has 110 valence electrons. The molecule has 3 N–H and O–H groups in total. The average Bonchev–Trinajstić information content (AvgIpc) is 3.00. The van der Waals surface area contributed by atoms with Gasteiger partial charge in [0.05, 0.1) is 12.3 Å². The van der Waals surface area contributed by atoms with E-state index in [1.54, 1.807) is 42.7 Å². The van der Waals surface area contributed by atoms with Gasteiger partial charge in [0.2, 0.25) is 5.91 Å². The van der Waals surface area contributed by atoms with E-state index in [2.05, 4.69) is 5.32 Å².